The Morgan fingerprint density at radius 3 is 2.50 bits per heavy atom. The summed E-state index contributed by atoms with van der Waals surface area (Å²) in [7, 11) is 0. The largest absolute Gasteiger partial charge is 0.379 e. The van der Waals surface area contributed by atoms with Gasteiger partial charge in [0.2, 0.25) is 0 Å². The van der Waals surface area contributed by atoms with Crippen molar-refractivity contribution in [3.8, 4) is 0 Å². The second-order valence-corrected chi connectivity index (χ2v) is 4.77. The maximum atomic E-state index is 6.14. The van der Waals surface area contributed by atoms with E-state index >= 15 is 0 Å². The van der Waals surface area contributed by atoms with E-state index in [1.807, 2.05) is 0 Å². The number of rotatable bonds is 6. The fourth-order valence-corrected chi connectivity index (χ4v) is 2.26. The summed E-state index contributed by atoms with van der Waals surface area (Å²) < 4.78 is 5.50. The molecule has 0 aliphatic heterocycles. The number of ether oxygens (including phenoxy) is 1. The van der Waals surface area contributed by atoms with Gasteiger partial charge in [-0.15, -0.1) is 0 Å². The summed E-state index contributed by atoms with van der Waals surface area (Å²) in [6.07, 6.45) is 8.10. The van der Waals surface area contributed by atoms with Crippen LogP contribution in [-0.4, -0.2) is 18.8 Å². The lowest BCUT2D eigenvalue weighted by atomic mass is 9.95. The molecule has 1 unspecified atom stereocenters. The Hall–Kier alpha value is -0.0800. The highest BCUT2D eigenvalue weighted by Crippen LogP contribution is 2.28. The third-order valence-corrected chi connectivity index (χ3v) is 3.14. The molecule has 1 aliphatic rings. The molecular formula is C12H25NO. The van der Waals surface area contributed by atoms with Gasteiger partial charge in [-0.2, -0.15) is 0 Å². The van der Waals surface area contributed by atoms with Gasteiger partial charge in [0, 0.05) is 12.6 Å². The molecule has 1 atom stereocenters. The van der Waals surface area contributed by atoms with Crippen LogP contribution in [0.5, 0.6) is 0 Å². The van der Waals surface area contributed by atoms with E-state index in [1.54, 1.807) is 0 Å². The molecule has 2 N–H and O–H groups in total. The minimum Gasteiger partial charge on any atom is -0.379 e. The van der Waals surface area contributed by atoms with Gasteiger partial charge < -0.3 is 10.5 Å². The van der Waals surface area contributed by atoms with Crippen LogP contribution < -0.4 is 5.73 Å². The average Bonchev–Trinajstić information content (AvgIpc) is 2.64. The first-order chi connectivity index (χ1) is 6.70. The molecule has 0 radical (unpaired) electrons. The Balaban J connectivity index is 1.99. The highest BCUT2D eigenvalue weighted by molar-refractivity contribution is 4.77. The first kappa shape index (κ1) is 12.0. The molecule has 0 amide bonds. The summed E-state index contributed by atoms with van der Waals surface area (Å²) >= 11 is 0. The standard InChI is InChI=1S/C12H25NO/c1-10(2)14-9-5-8-12(13)11-6-3-4-7-11/h10-12H,3-9,13H2,1-2H3. The van der Waals surface area contributed by atoms with Crippen molar-refractivity contribution in [2.24, 2.45) is 11.7 Å². The van der Waals surface area contributed by atoms with E-state index in [4.69, 9.17) is 10.5 Å². The van der Waals surface area contributed by atoms with Gasteiger partial charge in [0.05, 0.1) is 6.10 Å². The Bertz CT molecular complexity index is 141. The molecule has 0 aromatic carbocycles. The molecule has 0 aromatic heterocycles. The molecule has 2 heteroatoms. The predicted octanol–water partition coefficient (Wildman–Crippen LogP) is 2.71. The second kappa shape index (κ2) is 6.41. The van der Waals surface area contributed by atoms with Gasteiger partial charge in [0.25, 0.3) is 0 Å². The average molecular weight is 199 g/mol. The second-order valence-electron chi connectivity index (χ2n) is 4.77. The molecule has 1 aliphatic carbocycles. The van der Waals surface area contributed by atoms with Crippen LogP contribution in [0.2, 0.25) is 0 Å². The van der Waals surface area contributed by atoms with Crippen LogP contribution in [0.4, 0.5) is 0 Å². The van der Waals surface area contributed by atoms with Gasteiger partial charge in [-0.1, -0.05) is 12.8 Å². The third-order valence-electron chi connectivity index (χ3n) is 3.14. The SMILES string of the molecule is CC(C)OCCCC(N)C1CCCC1. The molecule has 2 nitrogen and oxygen atoms in total. The van der Waals surface area contributed by atoms with Gasteiger partial charge in [0.1, 0.15) is 0 Å². The minimum atomic E-state index is 0.359. The lowest BCUT2D eigenvalue weighted by Gasteiger charge is -2.18. The lowest BCUT2D eigenvalue weighted by Crippen LogP contribution is -2.28. The molecule has 1 fully saturated rings. The van der Waals surface area contributed by atoms with Crippen molar-refractivity contribution in [2.45, 2.75) is 64.5 Å². The first-order valence-corrected chi connectivity index (χ1v) is 6.07. The van der Waals surface area contributed by atoms with Crippen LogP contribution in [0.1, 0.15) is 52.4 Å². The van der Waals surface area contributed by atoms with Crippen molar-refractivity contribution >= 4 is 0 Å². The smallest absolute Gasteiger partial charge is 0.0518 e. The van der Waals surface area contributed by atoms with E-state index in [1.165, 1.54) is 25.7 Å². The summed E-state index contributed by atoms with van der Waals surface area (Å²) in [5.41, 5.74) is 6.14. The van der Waals surface area contributed by atoms with Gasteiger partial charge in [-0.25, -0.2) is 0 Å². The van der Waals surface area contributed by atoms with Crippen molar-refractivity contribution in [3.63, 3.8) is 0 Å². The van der Waals surface area contributed by atoms with Crippen LogP contribution in [0, 0.1) is 5.92 Å². The van der Waals surface area contributed by atoms with Crippen LogP contribution in [0.3, 0.4) is 0 Å². The van der Waals surface area contributed by atoms with E-state index in [0.717, 1.165) is 25.4 Å². The molecule has 0 aromatic rings. The number of hydrogen-bond acceptors (Lipinski definition) is 2. The van der Waals surface area contributed by atoms with Crippen molar-refractivity contribution in [2.75, 3.05) is 6.61 Å². The summed E-state index contributed by atoms with van der Waals surface area (Å²) in [6, 6.07) is 0.424. The summed E-state index contributed by atoms with van der Waals surface area (Å²) in [5, 5.41) is 0. The van der Waals surface area contributed by atoms with Crippen LogP contribution in [0.15, 0.2) is 0 Å². The number of hydrogen-bond donors (Lipinski definition) is 1. The lowest BCUT2D eigenvalue weighted by molar-refractivity contribution is 0.0741. The van der Waals surface area contributed by atoms with Crippen LogP contribution >= 0.6 is 0 Å². The van der Waals surface area contributed by atoms with Crippen molar-refractivity contribution < 1.29 is 4.74 Å². The van der Waals surface area contributed by atoms with Crippen molar-refractivity contribution in [3.05, 3.63) is 0 Å². The maximum absolute atomic E-state index is 6.14. The van der Waals surface area contributed by atoms with Crippen molar-refractivity contribution in [1.82, 2.24) is 0 Å². The Morgan fingerprint density at radius 1 is 1.29 bits per heavy atom. The van der Waals surface area contributed by atoms with Gasteiger partial charge in [-0.3, -0.25) is 0 Å². The quantitative estimate of drug-likeness (QED) is 0.668. The maximum Gasteiger partial charge on any atom is 0.0518 e. The monoisotopic (exact) mass is 199 g/mol. The third kappa shape index (κ3) is 4.43. The summed E-state index contributed by atoms with van der Waals surface area (Å²) in [6.45, 7) is 5.03. The molecule has 0 bridgehead atoms. The first-order valence-electron chi connectivity index (χ1n) is 6.07. The normalized spacial score (nSPS) is 20.6. The zero-order valence-electron chi connectivity index (χ0n) is 9.67. The van der Waals surface area contributed by atoms with E-state index < -0.39 is 0 Å². The fraction of sp³-hybridized carbons (Fsp3) is 1.00. The van der Waals surface area contributed by atoms with E-state index in [-0.39, 0.29) is 0 Å². The fourth-order valence-electron chi connectivity index (χ4n) is 2.26. The van der Waals surface area contributed by atoms with E-state index in [0.29, 0.717) is 12.1 Å². The Morgan fingerprint density at radius 2 is 1.93 bits per heavy atom. The van der Waals surface area contributed by atoms with Crippen LogP contribution in [0.25, 0.3) is 0 Å². The predicted molar refractivity (Wildman–Crippen MR) is 60.3 cm³/mol. The number of nitrogens with two attached hydrogens (primary N) is 1. The van der Waals surface area contributed by atoms with Crippen LogP contribution in [-0.2, 0) is 4.74 Å². The zero-order chi connectivity index (χ0) is 10.4. The van der Waals surface area contributed by atoms with E-state index in [9.17, 15) is 0 Å². The Labute approximate surface area is 88.2 Å². The minimum absolute atomic E-state index is 0.359. The topological polar surface area (TPSA) is 35.2 Å². The van der Waals surface area contributed by atoms with E-state index in [2.05, 4.69) is 13.8 Å². The molecule has 0 spiro atoms. The Kier molecular flexibility index (Phi) is 5.49. The van der Waals surface area contributed by atoms with Gasteiger partial charge >= 0.3 is 0 Å². The molecule has 14 heavy (non-hydrogen) atoms. The highest BCUT2D eigenvalue weighted by atomic mass is 16.5. The molecular weight excluding hydrogens is 174 g/mol. The van der Waals surface area contributed by atoms with Gasteiger partial charge in [0.15, 0.2) is 0 Å². The molecule has 1 rings (SSSR count). The van der Waals surface area contributed by atoms with Crippen molar-refractivity contribution in [1.29, 1.82) is 0 Å². The summed E-state index contributed by atoms with van der Waals surface area (Å²) in [4.78, 5) is 0. The zero-order valence-corrected chi connectivity index (χ0v) is 9.67. The summed E-state index contributed by atoms with van der Waals surface area (Å²) in [5.74, 6) is 0.800. The molecule has 0 heterocycles. The molecule has 1 saturated carbocycles. The molecule has 0 saturated heterocycles. The molecule has 84 valence electrons. The highest BCUT2D eigenvalue weighted by Gasteiger charge is 2.21. The van der Waals surface area contributed by atoms with Gasteiger partial charge in [-0.05, 0) is 45.4 Å².